The Morgan fingerprint density at radius 1 is 1.28 bits per heavy atom. The van der Waals surface area contributed by atoms with Crippen molar-refractivity contribution in [2.24, 2.45) is 0 Å². The molecule has 18 heavy (non-hydrogen) atoms. The summed E-state index contributed by atoms with van der Waals surface area (Å²) in [5, 5.41) is 31.3. The Morgan fingerprint density at radius 2 is 1.89 bits per heavy atom. The molecule has 1 rings (SSSR count). The second kappa shape index (κ2) is 5.44. The number of hydrogen-bond donors (Lipinski definition) is 1. The summed E-state index contributed by atoms with van der Waals surface area (Å²) in [4.78, 5) is 20.0. The highest BCUT2D eigenvalue weighted by molar-refractivity contribution is 5.58. The average molecular weight is 254 g/mol. The fourth-order valence-corrected chi connectivity index (χ4v) is 1.83. The summed E-state index contributed by atoms with van der Waals surface area (Å²) in [6, 6.07) is 1.97. The van der Waals surface area contributed by atoms with Gasteiger partial charge >= 0.3 is 5.69 Å². The van der Waals surface area contributed by atoms with Crippen LogP contribution in [-0.4, -0.2) is 15.0 Å². The zero-order valence-corrected chi connectivity index (χ0v) is 10.1. The van der Waals surface area contributed by atoms with E-state index in [1.807, 2.05) is 6.92 Å². The van der Waals surface area contributed by atoms with Gasteiger partial charge in [0.15, 0.2) is 5.75 Å². The molecule has 0 spiro atoms. The van der Waals surface area contributed by atoms with Gasteiger partial charge in [0.1, 0.15) is 0 Å². The highest BCUT2D eigenvalue weighted by Crippen LogP contribution is 2.39. The maximum absolute atomic E-state index is 10.8. The molecule has 7 nitrogen and oxygen atoms in total. The monoisotopic (exact) mass is 254 g/mol. The Morgan fingerprint density at radius 3 is 2.33 bits per heavy atom. The molecule has 0 radical (unpaired) electrons. The number of non-ortho nitro benzene ring substituents is 1. The topological polar surface area (TPSA) is 107 Å². The first-order valence-electron chi connectivity index (χ1n) is 5.54. The van der Waals surface area contributed by atoms with Gasteiger partial charge in [-0.15, -0.1) is 0 Å². The van der Waals surface area contributed by atoms with Crippen molar-refractivity contribution in [3.63, 3.8) is 0 Å². The highest BCUT2D eigenvalue weighted by atomic mass is 16.6. The molecule has 0 saturated carbocycles. The van der Waals surface area contributed by atoms with Crippen molar-refractivity contribution in [3.8, 4) is 5.75 Å². The summed E-state index contributed by atoms with van der Waals surface area (Å²) in [5.41, 5.74) is -0.752. The fraction of sp³-hybridized carbons (Fsp3) is 0.455. The quantitative estimate of drug-likeness (QED) is 0.641. The molecule has 0 fully saturated rings. The van der Waals surface area contributed by atoms with E-state index in [1.165, 1.54) is 6.07 Å². The molecule has 0 amide bonds. The molecular formula is C11H14N2O5. The van der Waals surface area contributed by atoms with Gasteiger partial charge in [-0.3, -0.25) is 20.2 Å². The minimum atomic E-state index is -0.815. The summed E-state index contributed by atoms with van der Waals surface area (Å²) in [7, 11) is 0. The zero-order chi connectivity index (χ0) is 13.9. The average Bonchev–Trinajstić information content (AvgIpc) is 2.28. The van der Waals surface area contributed by atoms with Crippen molar-refractivity contribution in [1.82, 2.24) is 0 Å². The lowest BCUT2D eigenvalue weighted by atomic mass is 9.94. The second-order valence-corrected chi connectivity index (χ2v) is 4.11. The standard InChI is InChI=1S/C11H14N2O5/c1-3-4-7(2)9-5-8(12(15)16)6-10(11(9)14)13(17)18/h5-7,14H,3-4H2,1-2H3/t7-/m1/s1. The van der Waals surface area contributed by atoms with Crippen LogP contribution in [0, 0.1) is 20.2 Å². The third kappa shape index (κ3) is 2.73. The van der Waals surface area contributed by atoms with Gasteiger partial charge in [0.25, 0.3) is 5.69 Å². The van der Waals surface area contributed by atoms with Crippen LogP contribution in [0.4, 0.5) is 11.4 Å². The van der Waals surface area contributed by atoms with Crippen molar-refractivity contribution in [1.29, 1.82) is 0 Å². The number of nitrogens with zero attached hydrogens (tertiary/aromatic N) is 2. The van der Waals surface area contributed by atoms with Gasteiger partial charge in [0.2, 0.25) is 0 Å². The van der Waals surface area contributed by atoms with E-state index < -0.39 is 21.3 Å². The van der Waals surface area contributed by atoms with Crippen LogP contribution in [0.25, 0.3) is 0 Å². The summed E-state index contributed by atoms with van der Waals surface area (Å²) in [5.74, 6) is -0.653. The smallest absolute Gasteiger partial charge is 0.317 e. The summed E-state index contributed by atoms with van der Waals surface area (Å²) in [6.07, 6.45) is 1.50. The van der Waals surface area contributed by atoms with Gasteiger partial charge in [-0.1, -0.05) is 20.3 Å². The van der Waals surface area contributed by atoms with E-state index in [2.05, 4.69) is 0 Å². The number of nitro benzene ring substituents is 2. The zero-order valence-electron chi connectivity index (χ0n) is 10.1. The SMILES string of the molecule is CCC[C@@H](C)c1cc([N+](=O)[O-])cc([N+](=O)[O-])c1O. The Balaban J connectivity index is 3.40. The van der Waals surface area contributed by atoms with Crippen LogP contribution in [0.1, 0.15) is 38.2 Å². The molecule has 0 aliphatic carbocycles. The lowest BCUT2D eigenvalue weighted by molar-refractivity contribution is -0.394. The minimum Gasteiger partial charge on any atom is -0.502 e. The van der Waals surface area contributed by atoms with Crippen molar-refractivity contribution >= 4 is 11.4 Å². The summed E-state index contributed by atoms with van der Waals surface area (Å²) < 4.78 is 0. The molecule has 0 bridgehead atoms. The van der Waals surface area contributed by atoms with Crippen LogP contribution in [0.3, 0.4) is 0 Å². The minimum absolute atomic E-state index is 0.173. The van der Waals surface area contributed by atoms with Gasteiger partial charge in [0.05, 0.1) is 15.9 Å². The van der Waals surface area contributed by atoms with Crippen molar-refractivity contribution in [2.45, 2.75) is 32.6 Å². The molecule has 0 aliphatic heterocycles. The summed E-state index contributed by atoms with van der Waals surface area (Å²) in [6.45, 7) is 3.70. The van der Waals surface area contributed by atoms with Crippen LogP contribution in [0.5, 0.6) is 5.75 Å². The number of phenolic OH excluding ortho intramolecular Hbond substituents is 1. The number of hydrogen-bond acceptors (Lipinski definition) is 5. The number of aromatic hydroxyl groups is 1. The van der Waals surface area contributed by atoms with Gasteiger partial charge in [-0.05, 0) is 12.3 Å². The Hall–Kier alpha value is -2.18. The van der Waals surface area contributed by atoms with Gasteiger partial charge < -0.3 is 5.11 Å². The first-order chi connectivity index (χ1) is 8.38. The van der Waals surface area contributed by atoms with Crippen LogP contribution in [0.2, 0.25) is 0 Å². The van der Waals surface area contributed by atoms with Crippen LogP contribution in [-0.2, 0) is 0 Å². The third-order valence-electron chi connectivity index (χ3n) is 2.76. The third-order valence-corrected chi connectivity index (χ3v) is 2.76. The van der Waals surface area contributed by atoms with Crippen molar-refractivity contribution in [2.75, 3.05) is 0 Å². The molecule has 0 heterocycles. The molecule has 1 aromatic carbocycles. The predicted molar refractivity (Wildman–Crippen MR) is 64.7 cm³/mol. The van der Waals surface area contributed by atoms with E-state index in [-0.39, 0.29) is 17.2 Å². The maximum Gasteiger partial charge on any atom is 0.317 e. The van der Waals surface area contributed by atoms with E-state index in [0.29, 0.717) is 6.42 Å². The molecule has 1 atom stereocenters. The van der Waals surface area contributed by atoms with Crippen LogP contribution < -0.4 is 0 Å². The van der Waals surface area contributed by atoms with Gasteiger partial charge in [-0.2, -0.15) is 0 Å². The molecule has 0 aromatic heterocycles. The maximum atomic E-state index is 10.8. The number of phenols is 1. The van der Waals surface area contributed by atoms with E-state index in [1.54, 1.807) is 6.92 Å². The van der Waals surface area contributed by atoms with Crippen molar-refractivity contribution in [3.05, 3.63) is 37.9 Å². The molecule has 1 aromatic rings. The van der Waals surface area contributed by atoms with Crippen LogP contribution in [0.15, 0.2) is 12.1 Å². The molecule has 0 aliphatic rings. The second-order valence-electron chi connectivity index (χ2n) is 4.11. The highest BCUT2D eigenvalue weighted by Gasteiger charge is 2.25. The lowest BCUT2D eigenvalue weighted by Crippen LogP contribution is -2.00. The summed E-state index contributed by atoms with van der Waals surface area (Å²) >= 11 is 0. The number of nitro groups is 2. The van der Waals surface area contributed by atoms with Crippen molar-refractivity contribution < 1.29 is 15.0 Å². The molecule has 7 heteroatoms. The largest absolute Gasteiger partial charge is 0.502 e. The van der Waals surface area contributed by atoms with Gasteiger partial charge in [-0.25, -0.2) is 0 Å². The van der Waals surface area contributed by atoms with E-state index >= 15 is 0 Å². The Kier molecular flexibility index (Phi) is 4.19. The van der Waals surface area contributed by atoms with Gasteiger partial charge in [0, 0.05) is 11.6 Å². The van der Waals surface area contributed by atoms with E-state index in [0.717, 1.165) is 12.5 Å². The Labute approximate surface area is 103 Å². The van der Waals surface area contributed by atoms with E-state index in [9.17, 15) is 25.3 Å². The molecule has 0 saturated heterocycles. The van der Waals surface area contributed by atoms with E-state index in [4.69, 9.17) is 0 Å². The number of rotatable bonds is 5. The molecule has 98 valence electrons. The normalized spacial score (nSPS) is 12.1. The van der Waals surface area contributed by atoms with Crippen LogP contribution >= 0.6 is 0 Å². The first kappa shape index (κ1) is 13.9. The lowest BCUT2D eigenvalue weighted by Gasteiger charge is -2.12. The fourth-order valence-electron chi connectivity index (χ4n) is 1.83. The first-order valence-corrected chi connectivity index (χ1v) is 5.54. The molecular weight excluding hydrogens is 240 g/mol. The molecule has 1 N–H and O–H groups in total. The predicted octanol–water partition coefficient (Wildman–Crippen LogP) is 3.11. The Bertz CT molecular complexity index is 487. The number of benzene rings is 1. The molecule has 0 unspecified atom stereocenters.